The fourth-order valence-corrected chi connectivity index (χ4v) is 1.94. The van der Waals surface area contributed by atoms with Crippen molar-refractivity contribution in [3.8, 4) is 0 Å². The molecule has 1 aromatic carbocycles. The first-order chi connectivity index (χ1) is 8.72. The zero-order valence-corrected chi connectivity index (χ0v) is 10.7. The normalized spacial score (nSPS) is 12.6. The van der Waals surface area contributed by atoms with E-state index in [-0.39, 0.29) is 11.9 Å². The Morgan fingerprint density at radius 3 is 3.00 bits per heavy atom. The van der Waals surface area contributed by atoms with Crippen molar-refractivity contribution in [2.75, 3.05) is 7.11 Å². The van der Waals surface area contributed by atoms with Gasteiger partial charge < -0.3 is 4.74 Å². The Balaban J connectivity index is 2.22. The highest BCUT2D eigenvalue weighted by molar-refractivity contribution is 6.07. The highest BCUT2D eigenvalue weighted by Crippen LogP contribution is 2.19. The molecule has 1 heterocycles. The number of carbonyl (C=O) groups excluding carboxylic acids is 1. The highest BCUT2D eigenvalue weighted by Gasteiger charge is 2.11. The van der Waals surface area contributed by atoms with Gasteiger partial charge in [0.2, 0.25) is 0 Å². The van der Waals surface area contributed by atoms with Crippen LogP contribution in [0.25, 0.3) is 10.8 Å². The number of pyridine rings is 1. The van der Waals surface area contributed by atoms with E-state index >= 15 is 0 Å². The summed E-state index contributed by atoms with van der Waals surface area (Å²) in [6, 6.07) is 7.69. The van der Waals surface area contributed by atoms with E-state index in [0.29, 0.717) is 6.42 Å². The average Bonchev–Trinajstić information content (AvgIpc) is 2.43. The maximum atomic E-state index is 12.2. The molecule has 0 bridgehead atoms. The molecule has 1 aromatic heterocycles. The summed E-state index contributed by atoms with van der Waals surface area (Å²) in [6.45, 7) is 1.97. The van der Waals surface area contributed by atoms with Gasteiger partial charge in [-0.3, -0.25) is 9.78 Å². The van der Waals surface area contributed by atoms with Crippen molar-refractivity contribution in [3.05, 3.63) is 42.2 Å². The van der Waals surface area contributed by atoms with Crippen LogP contribution in [0.4, 0.5) is 0 Å². The van der Waals surface area contributed by atoms with Crippen molar-refractivity contribution in [2.24, 2.45) is 0 Å². The number of carbonyl (C=O) groups is 1. The fraction of sp³-hybridized carbons (Fsp3) is 0.333. The second kappa shape index (κ2) is 5.74. The molecular weight excluding hydrogens is 226 g/mol. The van der Waals surface area contributed by atoms with Gasteiger partial charge in [0, 0.05) is 36.9 Å². The molecule has 0 aliphatic carbocycles. The molecule has 0 N–H and O–H groups in total. The van der Waals surface area contributed by atoms with E-state index in [0.717, 1.165) is 22.8 Å². The molecule has 0 aliphatic heterocycles. The van der Waals surface area contributed by atoms with Gasteiger partial charge in [0.15, 0.2) is 5.78 Å². The van der Waals surface area contributed by atoms with Crippen LogP contribution in [0.3, 0.4) is 0 Å². The lowest BCUT2D eigenvalue weighted by Gasteiger charge is -2.09. The van der Waals surface area contributed by atoms with Crippen molar-refractivity contribution in [1.29, 1.82) is 0 Å². The molecule has 0 saturated heterocycles. The smallest absolute Gasteiger partial charge is 0.163 e. The lowest BCUT2D eigenvalue weighted by atomic mass is 10.00. The quantitative estimate of drug-likeness (QED) is 0.757. The van der Waals surface area contributed by atoms with Gasteiger partial charge in [0.05, 0.1) is 6.10 Å². The third-order valence-corrected chi connectivity index (χ3v) is 3.16. The van der Waals surface area contributed by atoms with E-state index in [1.54, 1.807) is 19.5 Å². The van der Waals surface area contributed by atoms with Gasteiger partial charge in [-0.15, -0.1) is 0 Å². The number of ketones is 1. The summed E-state index contributed by atoms with van der Waals surface area (Å²) >= 11 is 0. The molecule has 0 saturated carbocycles. The first-order valence-electron chi connectivity index (χ1n) is 6.11. The minimum absolute atomic E-state index is 0.113. The molecule has 1 atom stereocenters. The Morgan fingerprint density at radius 1 is 1.39 bits per heavy atom. The Bertz CT molecular complexity index is 546. The first-order valence-corrected chi connectivity index (χ1v) is 6.11. The molecule has 2 rings (SSSR count). The van der Waals surface area contributed by atoms with Crippen LogP contribution in [0.5, 0.6) is 0 Å². The summed E-state index contributed by atoms with van der Waals surface area (Å²) in [7, 11) is 1.66. The number of hydrogen-bond donors (Lipinski definition) is 0. The SMILES string of the molecule is COC(C)CCC(=O)c1cccc2ccncc12. The van der Waals surface area contributed by atoms with E-state index in [9.17, 15) is 4.79 Å². The number of rotatable bonds is 5. The van der Waals surface area contributed by atoms with Gasteiger partial charge in [0.1, 0.15) is 0 Å². The molecule has 0 amide bonds. The lowest BCUT2D eigenvalue weighted by Crippen LogP contribution is -2.09. The van der Waals surface area contributed by atoms with Gasteiger partial charge in [0.25, 0.3) is 0 Å². The molecule has 2 aromatic rings. The van der Waals surface area contributed by atoms with E-state index in [2.05, 4.69) is 4.98 Å². The summed E-state index contributed by atoms with van der Waals surface area (Å²) in [5, 5.41) is 1.98. The first kappa shape index (κ1) is 12.7. The minimum Gasteiger partial charge on any atom is -0.382 e. The third kappa shape index (κ3) is 2.74. The molecule has 0 fully saturated rings. The predicted octanol–water partition coefficient (Wildman–Crippen LogP) is 3.23. The zero-order valence-electron chi connectivity index (χ0n) is 10.7. The van der Waals surface area contributed by atoms with Gasteiger partial charge in [-0.2, -0.15) is 0 Å². The number of benzene rings is 1. The van der Waals surface area contributed by atoms with E-state index in [4.69, 9.17) is 4.74 Å². The number of aromatic nitrogens is 1. The second-order valence-electron chi connectivity index (χ2n) is 4.41. The van der Waals surface area contributed by atoms with Crippen molar-refractivity contribution in [1.82, 2.24) is 4.98 Å². The topological polar surface area (TPSA) is 39.2 Å². The standard InChI is InChI=1S/C15H17NO2/c1-11(18-2)6-7-15(17)13-5-3-4-12-8-9-16-10-14(12)13/h3-5,8-11H,6-7H2,1-2H3. The fourth-order valence-electron chi connectivity index (χ4n) is 1.94. The van der Waals surface area contributed by atoms with Crippen molar-refractivity contribution < 1.29 is 9.53 Å². The number of methoxy groups -OCH3 is 1. The van der Waals surface area contributed by atoms with Crippen molar-refractivity contribution in [2.45, 2.75) is 25.9 Å². The molecule has 0 radical (unpaired) electrons. The summed E-state index contributed by atoms with van der Waals surface area (Å²) < 4.78 is 5.16. The van der Waals surface area contributed by atoms with E-state index < -0.39 is 0 Å². The Labute approximate surface area is 107 Å². The van der Waals surface area contributed by atoms with Crippen LogP contribution in [-0.4, -0.2) is 24.0 Å². The van der Waals surface area contributed by atoms with Crippen LogP contribution in [0.2, 0.25) is 0 Å². The van der Waals surface area contributed by atoms with Crippen molar-refractivity contribution >= 4 is 16.6 Å². The lowest BCUT2D eigenvalue weighted by molar-refractivity contribution is 0.0879. The number of nitrogens with zero attached hydrogens (tertiary/aromatic N) is 1. The maximum absolute atomic E-state index is 12.2. The Hall–Kier alpha value is -1.74. The molecule has 1 unspecified atom stereocenters. The van der Waals surface area contributed by atoms with Gasteiger partial charge >= 0.3 is 0 Å². The van der Waals surface area contributed by atoms with Crippen molar-refractivity contribution in [3.63, 3.8) is 0 Å². The van der Waals surface area contributed by atoms with Crippen LogP contribution in [0.15, 0.2) is 36.7 Å². The molecular formula is C15H17NO2. The predicted molar refractivity (Wildman–Crippen MR) is 71.8 cm³/mol. The van der Waals surface area contributed by atoms with Crippen LogP contribution in [0.1, 0.15) is 30.1 Å². The molecule has 94 valence electrons. The summed E-state index contributed by atoms with van der Waals surface area (Å²) in [4.78, 5) is 16.3. The summed E-state index contributed by atoms with van der Waals surface area (Å²) in [5.41, 5.74) is 0.754. The molecule has 3 heteroatoms. The highest BCUT2D eigenvalue weighted by atomic mass is 16.5. The Morgan fingerprint density at radius 2 is 2.22 bits per heavy atom. The maximum Gasteiger partial charge on any atom is 0.163 e. The van der Waals surface area contributed by atoms with Crippen LogP contribution in [0, 0.1) is 0 Å². The van der Waals surface area contributed by atoms with Crippen LogP contribution >= 0.6 is 0 Å². The monoisotopic (exact) mass is 243 g/mol. The minimum atomic E-state index is 0.113. The van der Waals surface area contributed by atoms with E-state index in [1.807, 2.05) is 31.2 Å². The van der Waals surface area contributed by atoms with E-state index in [1.165, 1.54) is 0 Å². The zero-order chi connectivity index (χ0) is 13.0. The van der Waals surface area contributed by atoms with Crippen LogP contribution in [-0.2, 0) is 4.74 Å². The third-order valence-electron chi connectivity index (χ3n) is 3.16. The average molecular weight is 243 g/mol. The molecule has 0 aliphatic rings. The molecule has 0 spiro atoms. The van der Waals surface area contributed by atoms with Gasteiger partial charge in [-0.05, 0) is 24.8 Å². The number of fused-ring (bicyclic) bond motifs is 1. The largest absolute Gasteiger partial charge is 0.382 e. The molecule has 3 nitrogen and oxygen atoms in total. The second-order valence-corrected chi connectivity index (χ2v) is 4.41. The van der Waals surface area contributed by atoms with Gasteiger partial charge in [-0.1, -0.05) is 18.2 Å². The summed E-state index contributed by atoms with van der Waals surface area (Å²) in [5.74, 6) is 0.150. The van der Waals surface area contributed by atoms with Gasteiger partial charge in [-0.25, -0.2) is 0 Å². The Kier molecular flexibility index (Phi) is 4.05. The number of Topliss-reactive ketones (excluding diaryl/α,β-unsaturated/α-hetero) is 1. The number of hydrogen-bond acceptors (Lipinski definition) is 3. The summed E-state index contributed by atoms with van der Waals surface area (Å²) in [6.07, 6.45) is 4.85. The molecule has 18 heavy (non-hydrogen) atoms. The number of ether oxygens (including phenoxy) is 1. The van der Waals surface area contributed by atoms with Crippen LogP contribution < -0.4 is 0 Å².